The van der Waals surface area contributed by atoms with Gasteiger partial charge in [-0.05, 0) is 66.8 Å². The van der Waals surface area contributed by atoms with Crippen LogP contribution in [0.4, 0.5) is 0 Å². The monoisotopic (exact) mass is 473 g/mol. The molecular formula is C30H39N3O2. The highest BCUT2D eigenvalue weighted by Crippen LogP contribution is 2.43. The van der Waals surface area contributed by atoms with Crippen molar-refractivity contribution in [2.45, 2.75) is 70.4 Å². The molecule has 5 nitrogen and oxygen atoms in total. The van der Waals surface area contributed by atoms with E-state index in [2.05, 4.69) is 59.8 Å². The first-order chi connectivity index (χ1) is 17.0. The maximum absolute atomic E-state index is 13.9. The minimum Gasteiger partial charge on any atom is -0.375 e. The van der Waals surface area contributed by atoms with Gasteiger partial charge in [-0.15, -0.1) is 0 Å². The van der Waals surface area contributed by atoms with Crippen LogP contribution in [0.15, 0.2) is 67.1 Å². The van der Waals surface area contributed by atoms with Crippen LogP contribution >= 0.6 is 0 Å². The number of nitrogens with zero attached hydrogens (tertiary/aromatic N) is 3. The van der Waals surface area contributed by atoms with Crippen molar-refractivity contribution >= 4 is 5.91 Å². The molecule has 1 amide bonds. The molecule has 1 unspecified atom stereocenters. The number of carbonyl (C=O) groups is 1. The predicted molar refractivity (Wildman–Crippen MR) is 139 cm³/mol. The first kappa shape index (κ1) is 23.9. The average molecular weight is 474 g/mol. The third kappa shape index (κ3) is 4.58. The van der Waals surface area contributed by atoms with Crippen LogP contribution in [0.25, 0.3) is 5.82 Å². The number of amides is 1. The molecule has 0 radical (unpaired) electrons. The molecule has 1 saturated carbocycles. The van der Waals surface area contributed by atoms with Gasteiger partial charge in [0.2, 0.25) is 0 Å². The number of hydrogen-bond donors (Lipinski definition) is 1. The van der Waals surface area contributed by atoms with E-state index in [4.69, 9.17) is 0 Å². The van der Waals surface area contributed by atoms with E-state index in [-0.39, 0.29) is 11.8 Å². The van der Waals surface area contributed by atoms with Crippen LogP contribution in [0.3, 0.4) is 0 Å². The highest BCUT2D eigenvalue weighted by atomic mass is 16.3. The fourth-order valence-corrected chi connectivity index (χ4v) is 6.32. The summed E-state index contributed by atoms with van der Waals surface area (Å²) in [5.74, 6) is 2.12. The zero-order chi connectivity index (χ0) is 24.4. The summed E-state index contributed by atoms with van der Waals surface area (Å²) in [6.07, 6.45) is 12.3. The van der Waals surface area contributed by atoms with Crippen LogP contribution in [0.2, 0.25) is 0 Å². The van der Waals surface area contributed by atoms with E-state index in [1.165, 1.54) is 11.4 Å². The smallest absolute Gasteiger partial charge is 0.259 e. The number of piperidine rings is 1. The lowest BCUT2D eigenvalue weighted by Gasteiger charge is -2.40. The fraction of sp³-hybridized carbons (Fsp3) is 0.500. The lowest BCUT2D eigenvalue weighted by molar-refractivity contribution is -0.160. The van der Waals surface area contributed by atoms with Crippen LogP contribution in [0, 0.1) is 11.8 Å². The van der Waals surface area contributed by atoms with Crippen molar-refractivity contribution in [2.24, 2.45) is 11.8 Å². The maximum atomic E-state index is 13.9. The van der Waals surface area contributed by atoms with Crippen LogP contribution in [0.1, 0.15) is 69.4 Å². The molecule has 0 bridgehead atoms. The molecule has 1 aliphatic heterocycles. The molecule has 2 aliphatic rings. The Kier molecular flexibility index (Phi) is 6.88. The van der Waals surface area contributed by atoms with Gasteiger partial charge in [-0.3, -0.25) is 4.79 Å². The number of aliphatic hydroxyl groups is 1. The number of hydrogen-bond acceptors (Lipinski definition) is 2. The van der Waals surface area contributed by atoms with E-state index in [1.807, 2.05) is 35.2 Å². The number of likely N-dealkylation sites (tertiary alicyclic amines) is 1. The fourth-order valence-electron chi connectivity index (χ4n) is 6.32. The molecule has 1 saturated heterocycles. The summed E-state index contributed by atoms with van der Waals surface area (Å²) in [7, 11) is 0. The summed E-state index contributed by atoms with van der Waals surface area (Å²) >= 11 is 0. The average Bonchev–Trinajstić information content (AvgIpc) is 3.66. The number of aromatic nitrogens is 2. The molecule has 3 heterocycles. The molecule has 2 aromatic heterocycles. The molecule has 1 atom stereocenters. The summed E-state index contributed by atoms with van der Waals surface area (Å²) < 4.78 is 4.59. The zero-order valence-corrected chi connectivity index (χ0v) is 21.1. The largest absolute Gasteiger partial charge is 0.375 e. The first-order valence-electron chi connectivity index (χ1n) is 13.4. The lowest BCUT2D eigenvalue weighted by Crippen LogP contribution is -2.52. The van der Waals surface area contributed by atoms with E-state index in [0.717, 1.165) is 50.6 Å². The van der Waals surface area contributed by atoms with E-state index in [9.17, 15) is 9.90 Å². The predicted octanol–water partition coefficient (Wildman–Crippen LogP) is 5.72. The van der Waals surface area contributed by atoms with Crippen molar-refractivity contribution in [2.75, 3.05) is 13.1 Å². The molecule has 5 heteroatoms. The van der Waals surface area contributed by atoms with Gasteiger partial charge in [0.15, 0.2) is 5.60 Å². The Balaban J connectivity index is 1.36. The van der Waals surface area contributed by atoms with Crippen molar-refractivity contribution in [1.82, 2.24) is 14.0 Å². The van der Waals surface area contributed by atoms with E-state index < -0.39 is 5.60 Å². The van der Waals surface area contributed by atoms with Gasteiger partial charge in [0.05, 0.1) is 0 Å². The van der Waals surface area contributed by atoms with Gasteiger partial charge in [-0.25, -0.2) is 0 Å². The molecule has 1 aliphatic carbocycles. The molecule has 3 aromatic rings. The Morgan fingerprint density at radius 1 is 0.943 bits per heavy atom. The van der Waals surface area contributed by atoms with Gasteiger partial charge < -0.3 is 19.1 Å². The minimum atomic E-state index is -1.42. The standard InChI is InChI=1S/C30H39N3O2/c1-23(2)22-33-21-16-27(28(33)31-17-8-9-18-31)24-14-19-32(20-15-24)29(34)30(35,26-12-6-7-13-26)25-10-4-3-5-11-25/h3-5,8-11,16-18,21,23-24,26,35H,6-7,12-15,19-20,22H2,1-2H3. The molecule has 2 fully saturated rings. The molecule has 1 N–H and O–H groups in total. The summed E-state index contributed by atoms with van der Waals surface area (Å²) in [6, 6.07) is 16.1. The molecule has 1 aromatic carbocycles. The Hall–Kier alpha value is -2.79. The number of rotatable bonds is 7. The Morgan fingerprint density at radius 3 is 2.23 bits per heavy atom. The van der Waals surface area contributed by atoms with E-state index in [0.29, 0.717) is 24.9 Å². The summed E-state index contributed by atoms with van der Waals surface area (Å²) in [6.45, 7) is 6.86. The highest BCUT2D eigenvalue weighted by Gasteiger charge is 2.48. The molecule has 35 heavy (non-hydrogen) atoms. The van der Waals surface area contributed by atoms with Crippen molar-refractivity contribution in [3.63, 3.8) is 0 Å². The zero-order valence-electron chi connectivity index (χ0n) is 21.1. The normalized spacial score (nSPS) is 19.4. The summed E-state index contributed by atoms with van der Waals surface area (Å²) in [5, 5.41) is 11.9. The van der Waals surface area contributed by atoms with E-state index in [1.54, 1.807) is 0 Å². The van der Waals surface area contributed by atoms with Crippen molar-refractivity contribution in [1.29, 1.82) is 0 Å². The lowest BCUT2D eigenvalue weighted by atomic mass is 9.78. The van der Waals surface area contributed by atoms with Gasteiger partial charge in [-0.1, -0.05) is 57.0 Å². The number of benzene rings is 1. The van der Waals surface area contributed by atoms with Crippen LogP contribution in [0.5, 0.6) is 0 Å². The second-order valence-electron chi connectivity index (χ2n) is 10.9. The van der Waals surface area contributed by atoms with Gasteiger partial charge in [0, 0.05) is 44.1 Å². The second-order valence-corrected chi connectivity index (χ2v) is 10.9. The molecule has 0 spiro atoms. The van der Waals surface area contributed by atoms with Gasteiger partial charge in [0.1, 0.15) is 5.82 Å². The van der Waals surface area contributed by atoms with Gasteiger partial charge in [-0.2, -0.15) is 0 Å². The van der Waals surface area contributed by atoms with Crippen molar-refractivity contribution in [3.05, 3.63) is 78.2 Å². The Morgan fingerprint density at radius 2 is 1.60 bits per heavy atom. The summed E-state index contributed by atoms with van der Waals surface area (Å²) in [4.78, 5) is 15.8. The van der Waals surface area contributed by atoms with Crippen molar-refractivity contribution in [3.8, 4) is 5.82 Å². The third-order valence-corrected chi connectivity index (χ3v) is 8.08. The van der Waals surface area contributed by atoms with Gasteiger partial charge in [0.25, 0.3) is 5.91 Å². The summed E-state index contributed by atoms with van der Waals surface area (Å²) in [5.41, 5.74) is 0.698. The van der Waals surface area contributed by atoms with Gasteiger partial charge >= 0.3 is 0 Å². The highest BCUT2D eigenvalue weighted by molar-refractivity contribution is 5.87. The minimum absolute atomic E-state index is 0.000493. The molecular weight excluding hydrogens is 434 g/mol. The maximum Gasteiger partial charge on any atom is 0.259 e. The van der Waals surface area contributed by atoms with Crippen LogP contribution in [-0.4, -0.2) is 38.1 Å². The topological polar surface area (TPSA) is 50.4 Å². The van der Waals surface area contributed by atoms with Crippen molar-refractivity contribution < 1.29 is 9.90 Å². The van der Waals surface area contributed by atoms with Crippen LogP contribution in [-0.2, 0) is 16.9 Å². The quantitative estimate of drug-likeness (QED) is 0.477. The SMILES string of the molecule is CC(C)Cn1ccc(C2CCN(C(=O)C(O)(c3ccccc3)C3CCCC3)CC2)c1-n1cccc1. The molecule has 5 rings (SSSR count). The Bertz CT molecular complexity index is 1100. The molecule has 186 valence electrons. The van der Waals surface area contributed by atoms with Crippen LogP contribution < -0.4 is 0 Å². The second kappa shape index (κ2) is 10.1. The Labute approximate surface area is 209 Å². The number of carbonyl (C=O) groups excluding carboxylic acids is 1. The van der Waals surface area contributed by atoms with E-state index >= 15 is 0 Å². The third-order valence-electron chi connectivity index (χ3n) is 8.08. The first-order valence-corrected chi connectivity index (χ1v) is 13.4.